The molecule has 1 aromatic carbocycles. The van der Waals surface area contributed by atoms with Gasteiger partial charge in [0.25, 0.3) is 0 Å². The minimum Gasteiger partial charge on any atom is -0.478 e. The molecule has 3 nitrogen and oxygen atoms in total. The number of aromatic nitrogens is 1. The van der Waals surface area contributed by atoms with Crippen LogP contribution in [0.25, 0.3) is 11.3 Å². The summed E-state index contributed by atoms with van der Waals surface area (Å²) in [6.07, 6.45) is -3.92. The van der Waals surface area contributed by atoms with Crippen LogP contribution < -0.4 is 0 Å². The third-order valence-corrected chi connectivity index (χ3v) is 3.26. The molecule has 0 aliphatic rings. The van der Waals surface area contributed by atoms with Crippen LogP contribution in [-0.2, 0) is 6.18 Å². The summed E-state index contributed by atoms with van der Waals surface area (Å²) < 4.78 is 37.6. The second-order valence-corrected chi connectivity index (χ2v) is 4.87. The Kier molecular flexibility index (Phi) is 4.11. The highest BCUT2D eigenvalue weighted by molar-refractivity contribution is 6.34. The zero-order valence-corrected chi connectivity index (χ0v) is 11.6. The quantitative estimate of drug-likeness (QED) is 0.859. The molecule has 1 N–H and O–H groups in total. The highest BCUT2D eigenvalue weighted by Crippen LogP contribution is 2.34. The molecule has 110 valence electrons. The van der Waals surface area contributed by atoms with Gasteiger partial charge in [-0.2, -0.15) is 13.2 Å². The van der Waals surface area contributed by atoms with E-state index in [1.54, 1.807) is 0 Å². The Hall–Kier alpha value is -1.79. The van der Waals surface area contributed by atoms with Crippen LogP contribution in [0.3, 0.4) is 0 Å². The van der Waals surface area contributed by atoms with Crippen molar-refractivity contribution in [2.45, 2.75) is 6.18 Å². The SMILES string of the molecule is O=C(O)c1cc(-c2ncc(C(F)(F)F)cc2Cl)ccc1Cl. The van der Waals surface area contributed by atoms with Gasteiger partial charge in [-0.25, -0.2) is 4.79 Å². The van der Waals surface area contributed by atoms with Crippen molar-refractivity contribution in [3.63, 3.8) is 0 Å². The van der Waals surface area contributed by atoms with E-state index in [4.69, 9.17) is 28.3 Å². The zero-order chi connectivity index (χ0) is 15.8. The second-order valence-electron chi connectivity index (χ2n) is 4.05. The maximum Gasteiger partial charge on any atom is 0.417 e. The number of benzene rings is 1. The maximum absolute atomic E-state index is 12.5. The summed E-state index contributed by atoms with van der Waals surface area (Å²) in [5, 5.41) is 8.75. The number of carboxylic acids is 1. The Balaban J connectivity index is 2.53. The number of hydrogen-bond acceptors (Lipinski definition) is 2. The topological polar surface area (TPSA) is 50.2 Å². The van der Waals surface area contributed by atoms with Crippen molar-refractivity contribution in [3.8, 4) is 11.3 Å². The van der Waals surface area contributed by atoms with Crippen molar-refractivity contribution < 1.29 is 23.1 Å². The fourth-order valence-corrected chi connectivity index (χ4v) is 2.12. The van der Waals surface area contributed by atoms with Gasteiger partial charge >= 0.3 is 12.1 Å². The van der Waals surface area contributed by atoms with E-state index < -0.39 is 17.7 Å². The number of rotatable bonds is 2. The summed E-state index contributed by atoms with van der Waals surface area (Å²) in [4.78, 5) is 14.6. The smallest absolute Gasteiger partial charge is 0.417 e. The van der Waals surface area contributed by atoms with Crippen molar-refractivity contribution in [3.05, 3.63) is 51.6 Å². The molecule has 0 saturated carbocycles. The van der Waals surface area contributed by atoms with E-state index in [1.807, 2.05) is 0 Å². The third-order valence-electron chi connectivity index (χ3n) is 2.64. The molecule has 0 unspecified atom stereocenters. The summed E-state index contributed by atoms with van der Waals surface area (Å²) in [6.45, 7) is 0. The molecule has 0 saturated heterocycles. The van der Waals surface area contributed by atoms with Crippen LogP contribution in [0.5, 0.6) is 0 Å². The van der Waals surface area contributed by atoms with E-state index in [1.165, 1.54) is 18.2 Å². The number of carboxylic acid groups (broad SMARTS) is 1. The van der Waals surface area contributed by atoms with E-state index >= 15 is 0 Å². The molecule has 8 heteroatoms. The molecule has 21 heavy (non-hydrogen) atoms. The normalized spacial score (nSPS) is 11.5. The number of carbonyl (C=O) groups is 1. The zero-order valence-electron chi connectivity index (χ0n) is 10.1. The highest BCUT2D eigenvalue weighted by Gasteiger charge is 2.31. The lowest BCUT2D eigenvalue weighted by molar-refractivity contribution is -0.137. The number of halogens is 5. The van der Waals surface area contributed by atoms with Gasteiger partial charge in [0.1, 0.15) is 0 Å². The molecule has 1 aromatic heterocycles. The van der Waals surface area contributed by atoms with E-state index in [-0.39, 0.29) is 26.9 Å². The predicted octanol–water partition coefficient (Wildman–Crippen LogP) is 4.77. The highest BCUT2D eigenvalue weighted by atomic mass is 35.5. The standard InChI is InChI=1S/C13H6Cl2F3NO2/c14-9-2-1-6(3-8(9)12(20)21)11-10(15)4-7(5-19-11)13(16,17)18/h1-5H,(H,20,21). The summed E-state index contributed by atoms with van der Waals surface area (Å²) in [5.74, 6) is -1.26. The Bertz CT molecular complexity index is 717. The molecule has 0 fully saturated rings. The van der Waals surface area contributed by atoms with Crippen LogP contribution in [0, 0.1) is 0 Å². The molecule has 2 rings (SSSR count). The first-order chi connectivity index (χ1) is 9.70. The summed E-state index contributed by atoms with van der Waals surface area (Å²) in [7, 11) is 0. The monoisotopic (exact) mass is 335 g/mol. The number of alkyl halides is 3. The van der Waals surface area contributed by atoms with E-state index in [0.29, 0.717) is 6.20 Å². The Morgan fingerprint density at radius 2 is 1.81 bits per heavy atom. The van der Waals surface area contributed by atoms with Crippen molar-refractivity contribution in [2.24, 2.45) is 0 Å². The number of nitrogens with zero attached hydrogens (tertiary/aromatic N) is 1. The van der Waals surface area contributed by atoms with Crippen LogP contribution >= 0.6 is 23.2 Å². The summed E-state index contributed by atoms with van der Waals surface area (Å²) >= 11 is 11.5. The lowest BCUT2D eigenvalue weighted by Gasteiger charge is -2.10. The largest absolute Gasteiger partial charge is 0.478 e. The Morgan fingerprint density at radius 1 is 1.14 bits per heavy atom. The molecule has 0 aliphatic carbocycles. The number of hydrogen-bond donors (Lipinski definition) is 1. The van der Waals surface area contributed by atoms with Crippen LogP contribution in [0.2, 0.25) is 10.0 Å². The molecule has 0 atom stereocenters. The van der Waals surface area contributed by atoms with Gasteiger partial charge in [0, 0.05) is 11.8 Å². The summed E-state index contributed by atoms with van der Waals surface area (Å²) in [5.41, 5.74) is -0.866. The van der Waals surface area contributed by atoms with Crippen molar-refractivity contribution in [2.75, 3.05) is 0 Å². The predicted molar refractivity (Wildman–Crippen MR) is 71.7 cm³/mol. The average molecular weight is 336 g/mol. The molecule has 2 aromatic rings. The molecular weight excluding hydrogens is 330 g/mol. The number of pyridine rings is 1. The lowest BCUT2D eigenvalue weighted by atomic mass is 10.1. The van der Waals surface area contributed by atoms with Gasteiger partial charge < -0.3 is 5.11 Å². The first-order valence-corrected chi connectivity index (χ1v) is 6.21. The van der Waals surface area contributed by atoms with Crippen molar-refractivity contribution >= 4 is 29.2 Å². The Morgan fingerprint density at radius 3 is 2.33 bits per heavy atom. The van der Waals surface area contributed by atoms with Crippen LogP contribution in [0.15, 0.2) is 30.5 Å². The van der Waals surface area contributed by atoms with E-state index in [0.717, 1.165) is 6.07 Å². The Labute approximate surface area is 126 Å². The van der Waals surface area contributed by atoms with Crippen LogP contribution in [0.1, 0.15) is 15.9 Å². The van der Waals surface area contributed by atoms with Crippen molar-refractivity contribution in [1.29, 1.82) is 0 Å². The third kappa shape index (κ3) is 3.28. The van der Waals surface area contributed by atoms with Crippen LogP contribution in [-0.4, -0.2) is 16.1 Å². The van der Waals surface area contributed by atoms with Crippen molar-refractivity contribution in [1.82, 2.24) is 4.98 Å². The fourth-order valence-electron chi connectivity index (χ4n) is 1.64. The van der Waals surface area contributed by atoms with Gasteiger partial charge in [-0.1, -0.05) is 29.3 Å². The summed E-state index contributed by atoms with van der Waals surface area (Å²) in [6, 6.07) is 4.68. The molecular formula is C13H6Cl2F3NO2. The lowest BCUT2D eigenvalue weighted by Crippen LogP contribution is -2.06. The van der Waals surface area contributed by atoms with Gasteiger partial charge in [-0.05, 0) is 18.2 Å². The van der Waals surface area contributed by atoms with Gasteiger partial charge in [-0.3, -0.25) is 4.98 Å². The maximum atomic E-state index is 12.5. The molecule has 1 heterocycles. The van der Waals surface area contributed by atoms with Crippen LogP contribution in [0.4, 0.5) is 13.2 Å². The van der Waals surface area contributed by atoms with E-state index in [9.17, 15) is 18.0 Å². The van der Waals surface area contributed by atoms with E-state index in [2.05, 4.69) is 4.98 Å². The molecule has 0 aliphatic heterocycles. The molecule has 0 bridgehead atoms. The minimum atomic E-state index is -4.55. The van der Waals surface area contributed by atoms with Gasteiger partial charge in [0.05, 0.1) is 26.9 Å². The fraction of sp³-hybridized carbons (Fsp3) is 0.0769. The molecule has 0 spiro atoms. The average Bonchev–Trinajstić information content (AvgIpc) is 2.38. The second kappa shape index (κ2) is 5.54. The first-order valence-electron chi connectivity index (χ1n) is 5.46. The van der Waals surface area contributed by atoms with Gasteiger partial charge in [0.15, 0.2) is 0 Å². The molecule has 0 amide bonds. The molecule has 0 radical (unpaired) electrons. The number of aromatic carboxylic acids is 1. The first kappa shape index (κ1) is 15.6. The van der Waals surface area contributed by atoms with Gasteiger partial charge in [-0.15, -0.1) is 0 Å². The van der Waals surface area contributed by atoms with Gasteiger partial charge in [0.2, 0.25) is 0 Å². The minimum absolute atomic E-state index is 0.00860.